The number of benzene rings is 1. The smallest absolute Gasteiger partial charge is 0.251 e. The molecule has 0 unspecified atom stereocenters. The molecule has 3 rings (SSSR count). The van der Waals surface area contributed by atoms with E-state index in [0.29, 0.717) is 5.56 Å². The van der Waals surface area contributed by atoms with Gasteiger partial charge in [-0.2, -0.15) is 0 Å². The summed E-state index contributed by atoms with van der Waals surface area (Å²) in [6.45, 7) is 7.14. The molecule has 0 saturated heterocycles. The lowest BCUT2D eigenvalue weighted by atomic mass is 9.97. The van der Waals surface area contributed by atoms with Gasteiger partial charge < -0.3 is 10.3 Å². The van der Waals surface area contributed by atoms with Gasteiger partial charge in [0.05, 0.1) is 5.56 Å². The molecule has 0 radical (unpaired) electrons. The second kappa shape index (κ2) is 7.92. The number of aromatic nitrogens is 1. The van der Waals surface area contributed by atoms with Crippen LogP contribution in [-0.4, -0.2) is 10.5 Å². The van der Waals surface area contributed by atoms with Crippen LogP contribution in [0.3, 0.4) is 0 Å². The molecule has 0 spiro atoms. The van der Waals surface area contributed by atoms with Crippen LogP contribution in [-0.2, 0) is 19.4 Å². The average Bonchev–Trinajstić information content (AvgIpc) is 3.21. The first kappa shape index (κ1) is 18.5. The quantitative estimate of drug-likeness (QED) is 0.619. The van der Waals surface area contributed by atoms with Gasteiger partial charge in [-0.25, -0.2) is 0 Å². The summed E-state index contributed by atoms with van der Waals surface area (Å²) in [6.07, 6.45) is 2.93. The Morgan fingerprint density at radius 2 is 1.85 bits per heavy atom. The molecule has 136 valence electrons. The maximum Gasteiger partial charge on any atom is 0.251 e. The van der Waals surface area contributed by atoms with E-state index in [4.69, 9.17) is 5.73 Å². The van der Waals surface area contributed by atoms with Gasteiger partial charge in [-0.1, -0.05) is 49.2 Å². The van der Waals surface area contributed by atoms with Gasteiger partial charge in [0.25, 0.3) is 5.91 Å². The Balaban J connectivity index is 2.12. The van der Waals surface area contributed by atoms with Crippen LogP contribution in [0.15, 0.2) is 41.8 Å². The largest absolute Gasteiger partial charge is 0.366 e. The Labute approximate surface area is 159 Å². The number of hydrogen-bond acceptors (Lipinski definition) is 2. The fourth-order valence-electron chi connectivity index (χ4n) is 3.61. The molecule has 0 bridgehead atoms. The molecule has 3 nitrogen and oxygen atoms in total. The maximum absolute atomic E-state index is 12.3. The fourth-order valence-corrected chi connectivity index (χ4v) is 4.30. The monoisotopic (exact) mass is 366 g/mol. The third-order valence-corrected chi connectivity index (χ3v) is 5.80. The van der Waals surface area contributed by atoms with Gasteiger partial charge in [0.15, 0.2) is 0 Å². The number of aryl methyl sites for hydroxylation is 2. The van der Waals surface area contributed by atoms with E-state index >= 15 is 0 Å². The molecule has 4 heteroatoms. The summed E-state index contributed by atoms with van der Waals surface area (Å²) >= 11 is 1.78. The first-order valence-electron chi connectivity index (χ1n) is 9.14. The van der Waals surface area contributed by atoms with E-state index in [9.17, 15) is 4.79 Å². The van der Waals surface area contributed by atoms with Crippen LogP contribution in [0.25, 0.3) is 11.1 Å². The van der Waals surface area contributed by atoms with E-state index in [2.05, 4.69) is 60.2 Å². The fraction of sp³-hybridized carbons (Fsp3) is 0.318. The summed E-state index contributed by atoms with van der Waals surface area (Å²) in [5.41, 5.74) is 12.0. The van der Waals surface area contributed by atoms with Crippen LogP contribution in [0.5, 0.6) is 0 Å². The second-order valence-electron chi connectivity index (χ2n) is 6.74. The molecule has 0 aliphatic rings. The summed E-state index contributed by atoms with van der Waals surface area (Å²) in [7, 11) is 0. The van der Waals surface area contributed by atoms with E-state index < -0.39 is 0 Å². The molecule has 26 heavy (non-hydrogen) atoms. The van der Waals surface area contributed by atoms with Crippen molar-refractivity contribution in [2.75, 3.05) is 0 Å². The lowest BCUT2D eigenvalue weighted by molar-refractivity contribution is 0.1000. The Kier molecular flexibility index (Phi) is 5.62. The number of carbonyl (C=O) groups excluding carboxylic acids is 1. The molecule has 1 amide bonds. The average molecular weight is 367 g/mol. The number of primary amides is 1. The number of thiophene rings is 1. The number of amides is 1. The number of rotatable bonds is 7. The minimum Gasteiger partial charge on any atom is -0.366 e. The highest BCUT2D eigenvalue weighted by Gasteiger charge is 2.24. The van der Waals surface area contributed by atoms with Crippen molar-refractivity contribution in [3.63, 3.8) is 0 Å². The van der Waals surface area contributed by atoms with Crippen LogP contribution in [0.4, 0.5) is 0 Å². The first-order valence-corrected chi connectivity index (χ1v) is 10.0. The highest BCUT2D eigenvalue weighted by molar-refractivity contribution is 7.09. The summed E-state index contributed by atoms with van der Waals surface area (Å²) in [5.74, 6) is -0.342. The molecule has 3 aromatic rings. The van der Waals surface area contributed by atoms with Crippen LogP contribution >= 0.6 is 11.3 Å². The molecule has 2 heterocycles. The van der Waals surface area contributed by atoms with E-state index in [1.807, 2.05) is 6.92 Å². The van der Waals surface area contributed by atoms with Gasteiger partial charge >= 0.3 is 0 Å². The highest BCUT2D eigenvalue weighted by atomic mass is 32.1. The van der Waals surface area contributed by atoms with Crippen molar-refractivity contribution in [2.45, 2.75) is 46.6 Å². The number of nitrogens with two attached hydrogens (primary N) is 1. The molecule has 0 fully saturated rings. The first-order chi connectivity index (χ1) is 12.5. The number of hydrogen-bond donors (Lipinski definition) is 1. The van der Waals surface area contributed by atoms with Gasteiger partial charge in [0.2, 0.25) is 0 Å². The van der Waals surface area contributed by atoms with Gasteiger partial charge in [-0.3, -0.25) is 4.79 Å². The summed E-state index contributed by atoms with van der Waals surface area (Å²) < 4.78 is 2.30. The van der Waals surface area contributed by atoms with Gasteiger partial charge in [-0.15, -0.1) is 11.3 Å². The zero-order chi connectivity index (χ0) is 18.7. The van der Waals surface area contributed by atoms with Crippen molar-refractivity contribution in [3.8, 4) is 11.1 Å². The van der Waals surface area contributed by atoms with Crippen LogP contribution in [0.1, 0.15) is 45.5 Å². The van der Waals surface area contributed by atoms with E-state index in [0.717, 1.165) is 42.6 Å². The normalized spacial score (nSPS) is 11.0. The summed E-state index contributed by atoms with van der Waals surface area (Å²) in [6, 6.07) is 12.6. The van der Waals surface area contributed by atoms with Crippen LogP contribution in [0, 0.1) is 13.8 Å². The number of nitrogens with zero attached hydrogens (tertiary/aromatic N) is 1. The lowest BCUT2D eigenvalue weighted by Crippen LogP contribution is -2.13. The molecule has 2 aromatic heterocycles. The van der Waals surface area contributed by atoms with Crippen molar-refractivity contribution >= 4 is 17.2 Å². The zero-order valence-corrected chi connectivity index (χ0v) is 16.5. The Morgan fingerprint density at radius 3 is 2.42 bits per heavy atom. The van der Waals surface area contributed by atoms with Crippen LogP contribution < -0.4 is 5.73 Å². The predicted octanol–water partition coefficient (Wildman–Crippen LogP) is 5.13. The predicted molar refractivity (Wildman–Crippen MR) is 110 cm³/mol. The Hall–Kier alpha value is -2.33. The van der Waals surface area contributed by atoms with E-state index in [1.165, 1.54) is 16.1 Å². The van der Waals surface area contributed by atoms with Crippen molar-refractivity contribution in [2.24, 2.45) is 5.73 Å². The van der Waals surface area contributed by atoms with Crippen molar-refractivity contribution in [1.82, 2.24) is 4.57 Å². The van der Waals surface area contributed by atoms with E-state index in [-0.39, 0.29) is 5.91 Å². The molecular weight excluding hydrogens is 340 g/mol. The van der Waals surface area contributed by atoms with Gasteiger partial charge in [0, 0.05) is 28.4 Å². The minimum absolute atomic E-state index is 0.342. The standard InChI is InChI=1S/C22H26N2OS/c1-4-6-19-21(17-10-8-15(2)9-11-17)20(22(23)25)16(3)24(19)13-12-18-7-5-14-26-18/h5,7-11,14H,4,6,12-13H2,1-3H3,(H2,23,25). The molecular formula is C22H26N2OS. The molecule has 0 aliphatic carbocycles. The Bertz CT molecular complexity index is 889. The molecule has 2 N–H and O–H groups in total. The third kappa shape index (κ3) is 3.61. The third-order valence-electron chi connectivity index (χ3n) is 4.87. The van der Waals surface area contributed by atoms with Crippen molar-refractivity contribution in [3.05, 3.63) is 69.2 Å². The van der Waals surface area contributed by atoms with Crippen molar-refractivity contribution in [1.29, 1.82) is 0 Å². The molecule has 0 aliphatic heterocycles. The summed E-state index contributed by atoms with van der Waals surface area (Å²) in [4.78, 5) is 13.7. The summed E-state index contributed by atoms with van der Waals surface area (Å²) in [5, 5.41) is 2.11. The SMILES string of the molecule is CCCc1c(-c2ccc(C)cc2)c(C(N)=O)c(C)n1CCc1cccs1. The molecule has 0 atom stereocenters. The maximum atomic E-state index is 12.3. The van der Waals surface area contributed by atoms with Crippen molar-refractivity contribution < 1.29 is 4.79 Å². The number of carbonyl (C=O) groups is 1. The Morgan fingerprint density at radius 1 is 1.12 bits per heavy atom. The minimum atomic E-state index is -0.342. The topological polar surface area (TPSA) is 48.0 Å². The van der Waals surface area contributed by atoms with Crippen LogP contribution in [0.2, 0.25) is 0 Å². The molecule has 0 saturated carbocycles. The highest BCUT2D eigenvalue weighted by Crippen LogP contribution is 2.34. The van der Waals surface area contributed by atoms with Gasteiger partial charge in [-0.05, 0) is 43.7 Å². The van der Waals surface area contributed by atoms with E-state index in [1.54, 1.807) is 11.3 Å². The zero-order valence-electron chi connectivity index (χ0n) is 15.7. The van der Waals surface area contributed by atoms with Gasteiger partial charge in [0.1, 0.15) is 0 Å². The molecule has 1 aromatic carbocycles. The lowest BCUT2D eigenvalue weighted by Gasteiger charge is -2.12. The second-order valence-corrected chi connectivity index (χ2v) is 7.78.